The van der Waals surface area contributed by atoms with Gasteiger partial charge in [-0.05, 0) is 37.2 Å². The first kappa shape index (κ1) is 18.9. The van der Waals surface area contributed by atoms with Crippen LogP contribution in [0, 0.1) is 11.8 Å². The predicted octanol–water partition coefficient (Wildman–Crippen LogP) is 1.25. The third-order valence-corrected chi connectivity index (χ3v) is 4.73. The number of aliphatic hydroxyl groups is 3. The van der Waals surface area contributed by atoms with Crippen LogP contribution < -0.4 is 5.32 Å². The average molecular weight is 335 g/mol. The number of carbonyl (C=O) groups excluding carboxylic acids is 1. The number of nitrogens with one attached hydrogen (secondary N) is 1. The molecule has 4 atom stereocenters. The highest BCUT2D eigenvalue weighted by Crippen LogP contribution is 2.30. The van der Waals surface area contributed by atoms with Gasteiger partial charge in [0.15, 0.2) is 0 Å². The molecule has 1 aliphatic rings. The quantitative estimate of drug-likeness (QED) is 0.604. The van der Waals surface area contributed by atoms with Crippen LogP contribution in [0.5, 0.6) is 0 Å². The zero-order chi connectivity index (χ0) is 17.7. The van der Waals surface area contributed by atoms with Gasteiger partial charge >= 0.3 is 0 Å². The molecular formula is C19H29NO4. The van der Waals surface area contributed by atoms with Crippen LogP contribution >= 0.6 is 0 Å². The van der Waals surface area contributed by atoms with Crippen molar-refractivity contribution in [1.29, 1.82) is 0 Å². The first-order valence-electron chi connectivity index (χ1n) is 8.77. The molecule has 0 spiro atoms. The minimum absolute atomic E-state index is 0.209. The van der Waals surface area contributed by atoms with E-state index in [0.29, 0.717) is 25.7 Å². The van der Waals surface area contributed by atoms with Crippen LogP contribution in [0.1, 0.15) is 38.7 Å². The van der Waals surface area contributed by atoms with E-state index < -0.39 is 36.2 Å². The molecule has 2 rings (SSSR count). The topological polar surface area (TPSA) is 89.8 Å². The molecule has 1 aliphatic carbocycles. The van der Waals surface area contributed by atoms with Crippen molar-refractivity contribution in [3.63, 3.8) is 0 Å². The summed E-state index contributed by atoms with van der Waals surface area (Å²) in [4.78, 5) is 12.3. The van der Waals surface area contributed by atoms with E-state index in [1.165, 1.54) is 0 Å². The molecule has 134 valence electrons. The van der Waals surface area contributed by atoms with Gasteiger partial charge in [-0.25, -0.2) is 0 Å². The van der Waals surface area contributed by atoms with Gasteiger partial charge in [0.05, 0.1) is 12.2 Å². The van der Waals surface area contributed by atoms with E-state index in [4.69, 9.17) is 0 Å². The lowest BCUT2D eigenvalue weighted by molar-refractivity contribution is -0.131. The van der Waals surface area contributed by atoms with Gasteiger partial charge in [-0.3, -0.25) is 4.79 Å². The van der Waals surface area contributed by atoms with E-state index in [0.717, 1.165) is 5.56 Å². The molecule has 5 nitrogen and oxygen atoms in total. The Kier molecular flexibility index (Phi) is 6.78. The van der Waals surface area contributed by atoms with Crippen LogP contribution in [0.15, 0.2) is 30.3 Å². The fraction of sp³-hybridized carbons (Fsp3) is 0.632. The van der Waals surface area contributed by atoms with E-state index in [1.807, 2.05) is 44.2 Å². The number of hydrogen-bond donors (Lipinski definition) is 4. The van der Waals surface area contributed by atoms with Gasteiger partial charge in [0.1, 0.15) is 6.10 Å². The molecule has 0 saturated heterocycles. The molecule has 0 aliphatic heterocycles. The van der Waals surface area contributed by atoms with Crippen molar-refractivity contribution in [1.82, 2.24) is 5.32 Å². The number of rotatable bonds is 7. The van der Waals surface area contributed by atoms with Crippen molar-refractivity contribution < 1.29 is 20.1 Å². The monoisotopic (exact) mass is 335 g/mol. The van der Waals surface area contributed by atoms with Gasteiger partial charge in [-0.2, -0.15) is 0 Å². The molecule has 0 unspecified atom stereocenters. The lowest BCUT2D eigenvalue weighted by Gasteiger charge is -2.30. The summed E-state index contributed by atoms with van der Waals surface area (Å²) in [6, 6.07) is 9.26. The van der Waals surface area contributed by atoms with Gasteiger partial charge in [-0.15, -0.1) is 0 Å². The average Bonchev–Trinajstić information content (AvgIpc) is 2.86. The van der Waals surface area contributed by atoms with E-state index >= 15 is 0 Å². The van der Waals surface area contributed by atoms with Crippen LogP contribution in [-0.2, 0) is 11.2 Å². The standard InChI is InChI=1S/C19H29NO4/c1-12(2)10-17(23)19(24)20-14(11-13-6-4-3-5-7-13)18-15(21)8-9-16(18)22/h3-7,12,14-18,21-23H,8-11H2,1-2H3,(H,20,24)/t14-,15-,16-,17+/m1/s1. The number of aliphatic hydroxyl groups excluding tert-OH is 3. The van der Waals surface area contributed by atoms with E-state index in [-0.39, 0.29) is 5.92 Å². The SMILES string of the molecule is CC(C)C[C@H](O)C(=O)N[C@H](Cc1ccccc1)C1[C@H](O)CC[C@H]1O. The molecule has 0 aromatic heterocycles. The van der Waals surface area contributed by atoms with Crippen LogP contribution in [0.2, 0.25) is 0 Å². The fourth-order valence-corrected chi connectivity index (χ4v) is 3.50. The summed E-state index contributed by atoms with van der Waals surface area (Å²) in [5, 5.41) is 33.4. The highest BCUT2D eigenvalue weighted by atomic mass is 16.3. The van der Waals surface area contributed by atoms with Crippen molar-refractivity contribution >= 4 is 5.91 Å². The predicted molar refractivity (Wildman–Crippen MR) is 92.3 cm³/mol. The highest BCUT2D eigenvalue weighted by molar-refractivity contribution is 5.80. The minimum Gasteiger partial charge on any atom is -0.393 e. The van der Waals surface area contributed by atoms with Gasteiger partial charge in [0, 0.05) is 12.0 Å². The number of benzene rings is 1. The van der Waals surface area contributed by atoms with Gasteiger partial charge in [0.2, 0.25) is 5.91 Å². The number of amides is 1. The van der Waals surface area contributed by atoms with Crippen LogP contribution in [-0.4, -0.2) is 45.6 Å². The summed E-state index contributed by atoms with van der Waals surface area (Å²) in [5.41, 5.74) is 1.02. The molecule has 0 bridgehead atoms. The number of carbonyl (C=O) groups is 1. The molecule has 1 fully saturated rings. The van der Waals surface area contributed by atoms with Gasteiger partial charge in [0.25, 0.3) is 0 Å². The van der Waals surface area contributed by atoms with E-state index in [9.17, 15) is 20.1 Å². The molecule has 1 saturated carbocycles. The van der Waals surface area contributed by atoms with Crippen LogP contribution in [0.3, 0.4) is 0 Å². The van der Waals surface area contributed by atoms with Crippen molar-refractivity contribution in [3.8, 4) is 0 Å². The molecule has 1 amide bonds. The Morgan fingerprint density at radius 2 is 1.75 bits per heavy atom. The Morgan fingerprint density at radius 1 is 1.17 bits per heavy atom. The summed E-state index contributed by atoms with van der Waals surface area (Å²) >= 11 is 0. The molecule has 0 radical (unpaired) electrons. The lowest BCUT2D eigenvalue weighted by Crippen LogP contribution is -2.50. The molecule has 24 heavy (non-hydrogen) atoms. The third-order valence-electron chi connectivity index (χ3n) is 4.73. The van der Waals surface area contributed by atoms with Crippen molar-refractivity contribution in [2.75, 3.05) is 0 Å². The zero-order valence-electron chi connectivity index (χ0n) is 14.4. The Bertz CT molecular complexity index is 509. The van der Waals surface area contributed by atoms with E-state index in [1.54, 1.807) is 0 Å². The minimum atomic E-state index is -1.07. The third kappa shape index (κ3) is 5.03. The summed E-state index contributed by atoms with van der Waals surface area (Å²) in [6.45, 7) is 3.89. The van der Waals surface area contributed by atoms with Crippen molar-refractivity contribution in [2.45, 2.75) is 63.9 Å². The summed E-state index contributed by atoms with van der Waals surface area (Å²) < 4.78 is 0. The summed E-state index contributed by atoms with van der Waals surface area (Å²) in [6.07, 6.45) is -0.394. The summed E-state index contributed by atoms with van der Waals surface area (Å²) in [7, 11) is 0. The first-order chi connectivity index (χ1) is 11.4. The molecular weight excluding hydrogens is 306 g/mol. The smallest absolute Gasteiger partial charge is 0.249 e. The molecule has 1 aromatic carbocycles. The van der Waals surface area contributed by atoms with Crippen molar-refractivity contribution in [3.05, 3.63) is 35.9 Å². The lowest BCUT2D eigenvalue weighted by atomic mass is 9.88. The second-order valence-electron chi connectivity index (χ2n) is 7.24. The maximum Gasteiger partial charge on any atom is 0.249 e. The second-order valence-corrected chi connectivity index (χ2v) is 7.24. The first-order valence-corrected chi connectivity index (χ1v) is 8.77. The fourth-order valence-electron chi connectivity index (χ4n) is 3.50. The Morgan fingerprint density at radius 3 is 2.29 bits per heavy atom. The maximum absolute atomic E-state index is 12.3. The molecule has 5 heteroatoms. The van der Waals surface area contributed by atoms with E-state index in [2.05, 4.69) is 5.32 Å². The maximum atomic E-state index is 12.3. The molecule has 1 aromatic rings. The highest BCUT2D eigenvalue weighted by Gasteiger charge is 2.40. The van der Waals surface area contributed by atoms with Gasteiger partial charge in [-0.1, -0.05) is 44.2 Å². The van der Waals surface area contributed by atoms with Crippen molar-refractivity contribution in [2.24, 2.45) is 11.8 Å². The van der Waals surface area contributed by atoms with Crippen LogP contribution in [0.4, 0.5) is 0 Å². The molecule has 4 N–H and O–H groups in total. The summed E-state index contributed by atoms with van der Waals surface area (Å²) in [5.74, 6) is -0.641. The second kappa shape index (κ2) is 8.60. The Hall–Kier alpha value is -1.43. The normalized spacial score (nSPS) is 24.1. The largest absolute Gasteiger partial charge is 0.393 e. The molecule has 0 heterocycles. The Balaban J connectivity index is 2.12. The Labute approximate surface area is 143 Å². The zero-order valence-corrected chi connectivity index (χ0v) is 14.4. The number of hydrogen-bond acceptors (Lipinski definition) is 4. The van der Waals surface area contributed by atoms with Gasteiger partial charge < -0.3 is 20.6 Å². The van der Waals surface area contributed by atoms with Crippen LogP contribution in [0.25, 0.3) is 0 Å².